The summed E-state index contributed by atoms with van der Waals surface area (Å²) in [6, 6.07) is 18.3. The molecule has 0 radical (unpaired) electrons. The van der Waals surface area contributed by atoms with Crippen molar-refractivity contribution in [1.29, 1.82) is 0 Å². The standard InChI is InChI=1S/C27H40/c1-3-5-7-9-12-18-25-21-26(19-13-10-8-6-4-2)23-27(22-25)20-24-16-14-11-15-17-24/h11,14-17,21-23H,3-10,12-13,18-20H2,1-2H3. The molecule has 0 aliphatic carbocycles. The molecule has 2 rings (SSSR count). The van der Waals surface area contributed by atoms with Crippen LogP contribution in [0.3, 0.4) is 0 Å². The topological polar surface area (TPSA) is 0 Å². The quantitative estimate of drug-likeness (QED) is 0.296. The van der Waals surface area contributed by atoms with Gasteiger partial charge in [-0.25, -0.2) is 0 Å². The predicted molar refractivity (Wildman–Crippen MR) is 121 cm³/mol. The third kappa shape index (κ3) is 9.27. The molecule has 148 valence electrons. The smallest absolute Gasteiger partial charge is 0.00256 e. The number of aryl methyl sites for hydroxylation is 2. The molecule has 0 N–H and O–H groups in total. The van der Waals surface area contributed by atoms with Crippen molar-refractivity contribution in [3.05, 3.63) is 70.8 Å². The van der Waals surface area contributed by atoms with Crippen LogP contribution in [-0.2, 0) is 19.3 Å². The van der Waals surface area contributed by atoms with Crippen LogP contribution in [0.4, 0.5) is 0 Å². The fourth-order valence-electron chi connectivity index (χ4n) is 3.93. The van der Waals surface area contributed by atoms with E-state index < -0.39 is 0 Å². The molecule has 0 aliphatic heterocycles. The van der Waals surface area contributed by atoms with Gasteiger partial charge in [-0.3, -0.25) is 0 Å². The van der Waals surface area contributed by atoms with E-state index in [4.69, 9.17) is 0 Å². The van der Waals surface area contributed by atoms with Gasteiger partial charge in [0.25, 0.3) is 0 Å². The minimum Gasteiger partial charge on any atom is -0.0654 e. The summed E-state index contributed by atoms with van der Waals surface area (Å²) < 4.78 is 0. The average molecular weight is 365 g/mol. The number of hydrogen-bond acceptors (Lipinski definition) is 0. The molecule has 0 saturated heterocycles. The molecular weight excluding hydrogens is 324 g/mol. The van der Waals surface area contributed by atoms with Crippen molar-refractivity contribution in [2.24, 2.45) is 0 Å². The van der Waals surface area contributed by atoms with Gasteiger partial charge in [-0.1, -0.05) is 114 Å². The van der Waals surface area contributed by atoms with E-state index in [0.717, 1.165) is 6.42 Å². The van der Waals surface area contributed by atoms with Crippen LogP contribution in [0.2, 0.25) is 0 Å². The molecule has 0 atom stereocenters. The molecule has 27 heavy (non-hydrogen) atoms. The Hall–Kier alpha value is -1.56. The van der Waals surface area contributed by atoms with Crippen molar-refractivity contribution in [1.82, 2.24) is 0 Å². The molecule has 0 amide bonds. The SMILES string of the molecule is CCCCCCCc1cc(CCCCCCC)cc(Cc2ccccc2)c1. The molecular formula is C27H40. The van der Waals surface area contributed by atoms with E-state index in [1.54, 1.807) is 11.1 Å². The predicted octanol–water partition coefficient (Wildman–Crippen LogP) is 8.30. The first-order valence-corrected chi connectivity index (χ1v) is 11.5. The normalized spacial score (nSPS) is 11.0. The van der Waals surface area contributed by atoms with E-state index in [0.29, 0.717) is 0 Å². The van der Waals surface area contributed by atoms with E-state index in [-0.39, 0.29) is 0 Å². The van der Waals surface area contributed by atoms with Crippen molar-refractivity contribution in [2.75, 3.05) is 0 Å². The van der Waals surface area contributed by atoms with Gasteiger partial charge in [0.15, 0.2) is 0 Å². The van der Waals surface area contributed by atoms with Crippen LogP contribution in [0.25, 0.3) is 0 Å². The van der Waals surface area contributed by atoms with E-state index in [9.17, 15) is 0 Å². The maximum Gasteiger partial charge on any atom is -0.00256 e. The fourth-order valence-corrected chi connectivity index (χ4v) is 3.93. The molecule has 0 nitrogen and oxygen atoms in total. The van der Waals surface area contributed by atoms with Gasteiger partial charge in [-0.05, 0) is 54.4 Å². The van der Waals surface area contributed by atoms with Crippen molar-refractivity contribution in [3.8, 4) is 0 Å². The van der Waals surface area contributed by atoms with Gasteiger partial charge in [0, 0.05) is 0 Å². The van der Waals surface area contributed by atoms with Crippen LogP contribution >= 0.6 is 0 Å². The third-order valence-corrected chi connectivity index (χ3v) is 5.50. The average Bonchev–Trinajstić information content (AvgIpc) is 2.68. The summed E-state index contributed by atoms with van der Waals surface area (Å²) in [5.74, 6) is 0. The van der Waals surface area contributed by atoms with Crippen LogP contribution in [0.15, 0.2) is 48.5 Å². The van der Waals surface area contributed by atoms with Gasteiger partial charge >= 0.3 is 0 Å². The highest BCUT2D eigenvalue weighted by Gasteiger charge is 2.04. The minimum atomic E-state index is 1.06. The highest BCUT2D eigenvalue weighted by atomic mass is 14.1. The zero-order valence-corrected chi connectivity index (χ0v) is 17.8. The molecule has 0 spiro atoms. The van der Waals surface area contributed by atoms with Gasteiger partial charge in [0.2, 0.25) is 0 Å². The van der Waals surface area contributed by atoms with E-state index >= 15 is 0 Å². The zero-order chi connectivity index (χ0) is 19.2. The largest absolute Gasteiger partial charge is 0.0654 e. The van der Waals surface area contributed by atoms with Crippen LogP contribution < -0.4 is 0 Å². The third-order valence-electron chi connectivity index (χ3n) is 5.50. The molecule has 0 bridgehead atoms. The summed E-state index contributed by atoms with van der Waals surface area (Å²) in [5.41, 5.74) is 6.04. The molecule has 0 fully saturated rings. The van der Waals surface area contributed by atoms with Crippen molar-refractivity contribution >= 4 is 0 Å². The molecule has 0 heterocycles. The van der Waals surface area contributed by atoms with E-state index in [2.05, 4.69) is 62.4 Å². The summed E-state index contributed by atoms with van der Waals surface area (Å²) >= 11 is 0. The Morgan fingerprint density at radius 2 is 0.963 bits per heavy atom. The Morgan fingerprint density at radius 3 is 1.48 bits per heavy atom. The summed E-state index contributed by atoms with van der Waals surface area (Å²) in [6.07, 6.45) is 17.2. The van der Waals surface area contributed by atoms with Crippen molar-refractivity contribution < 1.29 is 0 Å². The molecule has 0 aliphatic rings. The minimum absolute atomic E-state index is 1.06. The van der Waals surface area contributed by atoms with Gasteiger partial charge in [0.05, 0.1) is 0 Å². The Morgan fingerprint density at radius 1 is 0.481 bits per heavy atom. The highest BCUT2D eigenvalue weighted by molar-refractivity contribution is 5.34. The lowest BCUT2D eigenvalue weighted by Crippen LogP contribution is -1.96. The van der Waals surface area contributed by atoms with Crippen molar-refractivity contribution in [3.63, 3.8) is 0 Å². The van der Waals surface area contributed by atoms with E-state index in [1.165, 1.54) is 88.2 Å². The van der Waals surface area contributed by atoms with Crippen molar-refractivity contribution in [2.45, 2.75) is 97.3 Å². The first-order valence-electron chi connectivity index (χ1n) is 11.5. The number of rotatable bonds is 14. The monoisotopic (exact) mass is 364 g/mol. The first-order chi connectivity index (χ1) is 13.3. The Kier molecular flexibility index (Phi) is 10.9. The molecule has 0 aromatic heterocycles. The first kappa shape index (κ1) is 21.7. The number of hydrogen-bond donors (Lipinski definition) is 0. The molecule has 2 aromatic carbocycles. The van der Waals surface area contributed by atoms with Gasteiger partial charge in [0.1, 0.15) is 0 Å². The Labute approximate surface area is 168 Å². The molecule has 0 saturated carbocycles. The summed E-state index contributed by atoms with van der Waals surface area (Å²) in [4.78, 5) is 0. The number of benzene rings is 2. The Bertz CT molecular complexity index is 579. The van der Waals surface area contributed by atoms with Gasteiger partial charge in [-0.2, -0.15) is 0 Å². The second kappa shape index (κ2) is 13.6. The van der Waals surface area contributed by atoms with Crippen LogP contribution in [0, 0.1) is 0 Å². The Balaban J connectivity index is 1.97. The van der Waals surface area contributed by atoms with Crippen LogP contribution in [0.1, 0.15) is 100 Å². The van der Waals surface area contributed by atoms with Crippen LogP contribution in [0.5, 0.6) is 0 Å². The highest BCUT2D eigenvalue weighted by Crippen LogP contribution is 2.19. The van der Waals surface area contributed by atoms with Gasteiger partial charge < -0.3 is 0 Å². The molecule has 2 aromatic rings. The maximum absolute atomic E-state index is 2.49. The van der Waals surface area contributed by atoms with E-state index in [1.807, 2.05) is 0 Å². The molecule has 0 unspecified atom stereocenters. The lowest BCUT2D eigenvalue weighted by Gasteiger charge is -2.11. The lowest BCUT2D eigenvalue weighted by atomic mass is 9.95. The lowest BCUT2D eigenvalue weighted by molar-refractivity contribution is 0.628. The van der Waals surface area contributed by atoms with Gasteiger partial charge in [-0.15, -0.1) is 0 Å². The summed E-state index contributed by atoms with van der Waals surface area (Å²) in [5, 5.41) is 0. The maximum atomic E-state index is 2.49. The molecule has 0 heteroatoms. The number of unbranched alkanes of at least 4 members (excludes halogenated alkanes) is 8. The second-order valence-electron chi connectivity index (χ2n) is 8.15. The second-order valence-corrected chi connectivity index (χ2v) is 8.15. The summed E-state index contributed by atoms with van der Waals surface area (Å²) in [7, 11) is 0. The fraction of sp³-hybridized carbons (Fsp3) is 0.556. The summed E-state index contributed by atoms with van der Waals surface area (Å²) in [6.45, 7) is 4.58. The zero-order valence-electron chi connectivity index (χ0n) is 17.8. The van der Waals surface area contributed by atoms with Crippen LogP contribution in [-0.4, -0.2) is 0 Å².